The molecular weight excluding hydrogens is 551 g/mol. The lowest BCUT2D eigenvalue weighted by Gasteiger charge is -2.30. The average Bonchev–Trinajstić information content (AvgIpc) is 3.47. The van der Waals surface area contributed by atoms with Crippen molar-refractivity contribution in [2.75, 3.05) is 25.4 Å². The summed E-state index contributed by atoms with van der Waals surface area (Å²) in [5.41, 5.74) is 6.65. The minimum atomic E-state index is -1.29. The number of nitrogen functional groups attached to an aromatic ring is 1. The van der Waals surface area contributed by atoms with Crippen LogP contribution in [0.3, 0.4) is 0 Å². The van der Waals surface area contributed by atoms with Gasteiger partial charge in [0.2, 0.25) is 5.82 Å². The van der Waals surface area contributed by atoms with Crippen molar-refractivity contribution in [2.24, 2.45) is 5.92 Å². The lowest BCUT2D eigenvalue weighted by Crippen LogP contribution is -2.40. The lowest BCUT2D eigenvalue weighted by atomic mass is 9.94. The Balaban J connectivity index is 1.20. The number of aliphatic hydroxyl groups is 3. The second-order valence-corrected chi connectivity index (χ2v) is 10.2. The first-order chi connectivity index (χ1) is 18.7. The summed E-state index contributed by atoms with van der Waals surface area (Å²) in [4.78, 5) is 27.0. The van der Waals surface area contributed by atoms with Gasteiger partial charge >= 0.3 is 6.09 Å². The van der Waals surface area contributed by atoms with Crippen molar-refractivity contribution < 1.29 is 29.6 Å². The van der Waals surface area contributed by atoms with Gasteiger partial charge in [0.25, 0.3) is 0 Å². The molecule has 14 heteroatoms. The fourth-order valence-corrected chi connectivity index (χ4v) is 4.88. The zero-order chi connectivity index (χ0) is 27.7. The zero-order valence-corrected chi connectivity index (χ0v) is 22.1. The van der Waals surface area contributed by atoms with Gasteiger partial charge in [-0.2, -0.15) is 0 Å². The van der Waals surface area contributed by atoms with Gasteiger partial charge in [-0.3, -0.25) is 4.57 Å². The molecule has 0 aliphatic carbocycles. The van der Waals surface area contributed by atoms with Crippen molar-refractivity contribution in [1.82, 2.24) is 24.4 Å². The van der Waals surface area contributed by atoms with E-state index in [1.807, 2.05) is 0 Å². The molecule has 2 aliphatic rings. The van der Waals surface area contributed by atoms with Crippen LogP contribution in [0.25, 0.3) is 11.2 Å². The molecule has 39 heavy (non-hydrogen) atoms. The largest absolute Gasteiger partial charge is 0.415 e. The van der Waals surface area contributed by atoms with Gasteiger partial charge in [0.1, 0.15) is 29.6 Å². The Morgan fingerprint density at radius 1 is 1.18 bits per heavy atom. The maximum Gasteiger partial charge on any atom is 0.415 e. The highest BCUT2D eigenvalue weighted by Crippen LogP contribution is 2.32. The van der Waals surface area contributed by atoms with Crippen LogP contribution in [0.1, 0.15) is 31.3 Å². The number of carbonyl (C=O) groups excluding carboxylic acids is 1. The molecule has 4 heterocycles. The molecule has 1 unspecified atom stereocenters. The third-order valence-electron chi connectivity index (χ3n) is 6.80. The van der Waals surface area contributed by atoms with Crippen LogP contribution in [0.5, 0.6) is 5.75 Å². The SMILES string of the molecule is Nc1nc(C#CCC2CCN(C(=O)Oc3ccc(Cl)c(Cl)c3)CC2)nc2c1ncn2[C@@H]1O[C@H](CO)[C@H](O)C1O. The predicted octanol–water partition coefficient (Wildman–Crippen LogP) is 1.98. The maximum absolute atomic E-state index is 12.5. The number of nitrogens with zero attached hydrogens (tertiary/aromatic N) is 5. The van der Waals surface area contributed by atoms with E-state index in [9.17, 15) is 20.1 Å². The van der Waals surface area contributed by atoms with E-state index >= 15 is 0 Å². The fraction of sp³-hybridized carbons (Fsp3) is 0.440. The summed E-state index contributed by atoms with van der Waals surface area (Å²) in [5.74, 6) is 6.93. The predicted molar refractivity (Wildman–Crippen MR) is 141 cm³/mol. The average molecular weight is 577 g/mol. The van der Waals surface area contributed by atoms with Crippen LogP contribution >= 0.6 is 23.2 Å². The number of rotatable bonds is 4. The number of benzene rings is 1. The molecule has 206 valence electrons. The van der Waals surface area contributed by atoms with Gasteiger partial charge in [-0.15, -0.1) is 0 Å². The Bertz CT molecular complexity index is 1430. The molecule has 0 saturated carbocycles. The number of aliphatic hydroxyl groups excluding tert-OH is 3. The van der Waals surface area contributed by atoms with Crippen LogP contribution in [0.2, 0.25) is 10.0 Å². The highest BCUT2D eigenvalue weighted by Gasteiger charge is 2.44. The Morgan fingerprint density at radius 2 is 1.95 bits per heavy atom. The van der Waals surface area contributed by atoms with Crippen LogP contribution < -0.4 is 10.5 Å². The summed E-state index contributed by atoms with van der Waals surface area (Å²) in [6, 6.07) is 4.66. The van der Waals surface area contributed by atoms with Gasteiger partial charge < -0.3 is 35.4 Å². The summed E-state index contributed by atoms with van der Waals surface area (Å²) in [6.07, 6.45) is -1.48. The second-order valence-electron chi connectivity index (χ2n) is 9.37. The number of aromatic nitrogens is 4. The lowest BCUT2D eigenvalue weighted by molar-refractivity contribution is -0.0511. The molecule has 3 aromatic rings. The van der Waals surface area contributed by atoms with Crippen molar-refractivity contribution in [2.45, 2.75) is 43.8 Å². The Morgan fingerprint density at radius 3 is 2.64 bits per heavy atom. The molecule has 1 amide bonds. The second kappa shape index (κ2) is 11.5. The number of amides is 1. The Hall–Kier alpha value is -3.18. The van der Waals surface area contributed by atoms with E-state index in [2.05, 4.69) is 26.8 Å². The van der Waals surface area contributed by atoms with E-state index < -0.39 is 37.2 Å². The minimum absolute atomic E-state index is 0.114. The van der Waals surface area contributed by atoms with Crippen LogP contribution in [0, 0.1) is 17.8 Å². The minimum Gasteiger partial charge on any atom is -0.410 e. The molecular formula is C25H26Cl2N6O6. The van der Waals surface area contributed by atoms with Crippen molar-refractivity contribution in [1.29, 1.82) is 0 Å². The topological polar surface area (TPSA) is 169 Å². The number of piperidine rings is 1. The van der Waals surface area contributed by atoms with E-state index in [4.69, 9.17) is 38.4 Å². The number of hydrogen-bond donors (Lipinski definition) is 4. The smallest absolute Gasteiger partial charge is 0.410 e. The number of ether oxygens (including phenoxy) is 2. The van der Waals surface area contributed by atoms with Crippen molar-refractivity contribution in [3.8, 4) is 17.6 Å². The van der Waals surface area contributed by atoms with Gasteiger partial charge in [-0.1, -0.05) is 29.1 Å². The molecule has 4 atom stereocenters. The molecule has 2 aliphatic heterocycles. The first-order valence-electron chi connectivity index (χ1n) is 12.3. The quantitative estimate of drug-likeness (QED) is 0.337. The van der Waals surface area contributed by atoms with Crippen LogP contribution in [0.15, 0.2) is 24.5 Å². The number of nitrogens with two attached hydrogens (primary N) is 1. The summed E-state index contributed by atoms with van der Waals surface area (Å²) in [5, 5.41) is 30.5. The number of imidazole rings is 1. The summed E-state index contributed by atoms with van der Waals surface area (Å²) >= 11 is 11.9. The Kier molecular flexibility index (Phi) is 8.08. The molecule has 12 nitrogen and oxygen atoms in total. The standard InChI is InChI=1S/C25H26Cl2N6O6/c26-15-5-4-14(10-16(15)27)38-25(37)32-8-6-13(7-9-32)2-1-3-18-30-22(28)19-23(31-18)33(12-29-19)24-21(36)20(35)17(11-34)39-24/h4-5,10,12-13,17,20-21,24,34-36H,2,6-9,11H2,(H2,28,30,31)/t17-,20+,21?,24-/m1/s1. The molecule has 0 spiro atoms. The first-order valence-corrected chi connectivity index (χ1v) is 13.0. The number of hydrogen-bond acceptors (Lipinski definition) is 10. The number of carbonyl (C=O) groups is 1. The van der Waals surface area contributed by atoms with E-state index in [1.165, 1.54) is 17.0 Å². The monoisotopic (exact) mass is 576 g/mol. The number of likely N-dealkylation sites (tertiary alicyclic amines) is 1. The maximum atomic E-state index is 12.5. The third-order valence-corrected chi connectivity index (χ3v) is 7.54. The molecule has 2 fully saturated rings. The molecule has 5 rings (SSSR count). The van der Waals surface area contributed by atoms with Crippen molar-refractivity contribution in [3.63, 3.8) is 0 Å². The van der Waals surface area contributed by atoms with E-state index in [1.54, 1.807) is 17.0 Å². The van der Waals surface area contributed by atoms with Crippen molar-refractivity contribution >= 4 is 46.3 Å². The molecule has 2 aromatic heterocycles. The molecule has 2 saturated heterocycles. The highest BCUT2D eigenvalue weighted by atomic mass is 35.5. The van der Waals surface area contributed by atoms with Gasteiger partial charge in [0.05, 0.1) is 23.0 Å². The normalized spacial score (nSPS) is 23.6. The van der Waals surface area contributed by atoms with Gasteiger partial charge in [0.15, 0.2) is 17.7 Å². The van der Waals surface area contributed by atoms with Crippen molar-refractivity contribution in [3.05, 3.63) is 40.4 Å². The molecule has 5 N–H and O–H groups in total. The first kappa shape index (κ1) is 27.4. The third kappa shape index (κ3) is 5.74. The number of anilines is 1. The number of halogens is 2. The summed E-state index contributed by atoms with van der Waals surface area (Å²) < 4.78 is 12.4. The van der Waals surface area contributed by atoms with E-state index in [0.29, 0.717) is 40.8 Å². The van der Waals surface area contributed by atoms with Gasteiger partial charge in [-0.05, 0) is 36.8 Å². The Labute approximate surface area is 233 Å². The van der Waals surface area contributed by atoms with Crippen LogP contribution in [0.4, 0.5) is 10.6 Å². The van der Waals surface area contributed by atoms with Crippen LogP contribution in [-0.2, 0) is 4.74 Å². The van der Waals surface area contributed by atoms with Gasteiger partial charge in [-0.25, -0.2) is 19.7 Å². The summed E-state index contributed by atoms with van der Waals surface area (Å²) in [7, 11) is 0. The van der Waals surface area contributed by atoms with Gasteiger partial charge in [0, 0.05) is 25.6 Å². The molecule has 0 radical (unpaired) electrons. The van der Waals surface area contributed by atoms with E-state index in [-0.39, 0.29) is 23.2 Å². The summed E-state index contributed by atoms with van der Waals surface area (Å²) in [6.45, 7) is 0.615. The molecule has 0 bridgehead atoms. The highest BCUT2D eigenvalue weighted by molar-refractivity contribution is 6.42. The fourth-order valence-electron chi connectivity index (χ4n) is 4.59. The van der Waals surface area contributed by atoms with Crippen LogP contribution in [-0.4, -0.2) is 83.8 Å². The number of fused-ring (bicyclic) bond motifs is 1. The zero-order valence-electron chi connectivity index (χ0n) is 20.6. The van der Waals surface area contributed by atoms with E-state index in [0.717, 1.165) is 12.8 Å². The molecule has 1 aromatic carbocycles.